The Labute approximate surface area is 358 Å². The van der Waals surface area contributed by atoms with Crippen LogP contribution in [0.5, 0.6) is 0 Å². The molecule has 9 aromatic carbocycles. The number of benzene rings is 9. The van der Waals surface area contributed by atoms with Crippen molar-refractivity contribution in [3.63, 3.8) is 0 Å². The molecule has 0 radical (unpaired) electrons. The van der Waals surface area contributed by atoms with Crippen molar-refractivity contribution < 1.29 is 4.42 Å². The zero-order valence-corrected chi connectivity index (χ0v) is 34.4. The maximum atomic E-state index is 7.24. The van der Waals surface area contributed by atoms with Gasteiger partial charge < -0.3 is 14.2 Å². The fraction of sp³-hybridized carbons (Fsp3) is 0.0526. The third-order valence-electron chi connectivity index (χ3n) is 12.4. The van der Waals surface area contributed by atoms with Crippen molar-refractivity contribution in [2.24, 2.45) is 0 Å². The molecule has 12 rings (SSSR count). The van der Waals surface area contributed by atoms with Gasteiger partial charge in [0.1, 0.15) is 11.3 Å². The minimum atomic E-state index is 0.325. The first-order valence-corrected chi connectivity index (χ1v) is 21.9. The summed E-state index contributed by atoms with van der Waals surface area (Å²) in [5, 5.41) is 8.32. The van der Waals surface area contributed by atoms with Gasteiger partial charge in [0.25, 0.3) is 0 Å². The number of rotatable bonds is 7. The predicted octanol–water partition coefficient (Wildman–Crippen LogP) is 16.9. The second-order valence-electron chi connectivity index (χ2n) is 16.2. The van der Waals surface area contributed by atoms with E-state index in [0.29, 0.717) is 5.92 Å². The first kappa shape index (κ1) is 35.5. The number of fused-ring (bicyclic) bond motifs is 8. The van der Waals surface area contributed by atoms with Gasteiger partial charge in [0, 0.05) is 48.5 Å². The molecule has 11 aromatic rings. The molecule has 0 saturated heterocycles. The fourth-order valence-corrected chi connectivity index (χ4v) is 10.7. The normalized spacial score (nSPS) is 13.9. The molecule has 0 saturated carbocycles. The molecular weight excluding hydrogens is 761 g/mol. The molecule has 2 heterocycles. The lowest BCUT2D eigenvalue weighted by atomic mass is 9.91. The van der Waals surface area contributed by atoms with Crippen LogP contribution in [-0.2, 0) is 0 Å². The van der Waals surface area contributed by atoms with Gasteiger partial charge in [-0.3, -0.25) is 0 Å². The number of nitrogens with zero attached hydrogens (tertiary/aromatic N) is 2. The molecule has 61 heavy (non-hydrogen) atoms. The highest BCUT2D eigenvalue weighted by atomic mass is 32.1. The van der Waals surface area contributed by atoms with Crippen molar-refractivity contribution in [2.45, 2.75) is 19.3 Å². The van der Waals surface area contributed by atoms with Gasteiger partial charge in [0.2, 0.25) is 0 Å². The maximum absolute atomic E-state index is 7.24. The molecule has 0 N–H and O–H groups in total. The van der Waals surface area contributed by atoms with E-state index in [1.165, 1.54) is 47.9 Å². The molecule has 1 aliphatic carbocycles. The van der Waals surface area contributed by atoms with Crippen LogP contribution in [0.3, 0.4) is 0 Å². The maximum Gasteiger partial charge on any atom is 0.161 e. The third kappa shape index (κ3) is 6.02. The molecule has 0 spiro atoms. The molecule has 0 amide bonds. The van der Waals surface area contributed by atoms with Gasteiger partial charge in [-0.25, -0.2) is 0 Å². The summed E-state index contributed by atoms with van der Waals surface area (Å²) >= 11 is 1.93. The number of hydrogen-bond acceptors (Lipinski definition) is 4. The number of anilines is 5. The summed E-state index contributed by atoms with van der Waals surface area (Å²) in [5.74, 6) is 0.325. The Balaban J connectivity index is 1.16. The van der Waals surface area contributed by atoms with Crippen molar-refractivity contribution >= 4 is 99.4 Å². The van der Waals surface area contributed by atoms with E-state index in [0.717, 1.165) is 67.7 Å². The van der Waals surface area contributed by atoms with Crippen molar-refractivity contribution in [3.8, 4) is 11.1 Å². The van der Waals surface area contributed by atoms with Crippen LogP contribution >= 0.6 is 11.3 Å². The summed E-state index contributed by atoms with van der Waals surface area (Å²) < 4.78 is 8.57. The summed E-state index contributed by atoms with van der Waals surface area (Å²) in [4.78, 5) is 6.36. The lowest BCUT2D eigenvalue weighted by Gasteiger charge is -2.36. The van der Waals surface area contributed by atoms with Crippen LogP contribution in [0.4, 0.5) is 28.4 Å². The van der Waals surface area contributed by atoms with Crippen LogP contribution in [0.1, 0.15) is 29.7 Å². The van der Waals surface area contributed by atoms with E-state index >= 15 is 0 Å². The first-order chi connectivity index (χ1) is 30.1. The second-order valence-corrected chi connectivity index (χ2v) is 17.3. The lowest BCUT2D eigenvalue weighted by molar-refractivity contribution is 0.668. The molecule has 0 fully saturated rings. The first-order valence-electron chi connectivity index (χ1n) is 21.0. The van der Waals surface area contributed by atoms with Gasteiger partial charge in [-0.05, 0) is 129 Å². The van der Waals surface area contributed by atoms with Crippen LogP contribution < -0.4 is 9.80 Å². The Morgan fingerprint density at radius 1 is 0.492 bits per heavy atom. The van der Waals surface area contributed by atoms with E-state index in [1.807, 2.05) is 11.3 Å². The monoisotopic (exact) mass is 800 g/mol. The highest BCUT2D eigenvalue weighted by molar-refractivity contribution is 7.19. The molecular formula is C57H40N2OS. The summed E-state index contributed by atoms with van der Waals surface area (Å²) in [7, 11) is 0. The molecule has 2 aromatic heterocycles. The average molecular weight is 801 g/mol. The summed E-state index contributed by atoms with van der Waals surface area (Å²) in [6.07, 6.45) is 3.32. The van der Waals surface area contributed by atoms with Gasteiger partial charge >= 0.3 is 0 Å². The molecule has 0 aliphatic heterocycles. The molecule has 3 nitrogen and oxygen atoms in total. The topological polar surface area (TPSA) is 19.6 Å². The van der Waals surface area contributed by atoms with Gasteiger partial charge in [0.05, 0.1) is 5.69 Å². The Morgan fingerprint density at radius 3 is 1.92 bits per heavy atom. The van der Waals surface area contributed by atoms with Crippen molar-refractivity contribution in [1.82, 2.24) is 0 Å². The predicted molar refractivity (Wildman–Crippen MR) is 260 cm³/mol. The quantitative estimate of drug-likeness (QED) is 0.160. The van der Waals surface area contributed by atoms with Crippen LogP contribution in [0, 0.1) is 0 Å². The highest BCUT2D eigenvalue weighted by Crippen LogP contribution is 2.53. The SMILES string of the molecule is CC1CC(N(c2ccccc2)c2c(N(c3ccccc3)c3cccc(-c4ccc5ccccc5c4)c3)ccc3c2oc2cc4ccccc4cc23)=Cc2c1sc1ccccc21. The van der Waals surface area contributed by atoms with Gasteiger partial charge in [-0.1, -0.05) is 134 Å². The van der Waals surface area contributed by atoms with Crippen LogP contribution in [-0.4, -0.2) is 0 Å². The number of allylic oxidation sites excluding steroid dienone is 1. The van der Waals surface area contributed by atoms with E-state index in [9.17, 15) is 0 Å². The summed E-state index contributed by atoms with van der Waals surface area (Å²) in [5.41, 5.74) is 11.9. The molecule has 0 bridgehead atoms. The minimum absolute atomic E-state index is 0.325. The highest BCUT2D eigenvalue weighted by Gasteiger charge is 2.32. The zero-order chi connectivity index (χ0) is 40.4. The number of hydrogen-bond donors (Lipinski definition) is 0. The van der Waals surface area contributed by atoms with E-state index < -0.39 is 0 Å². The Bertz CT molecular complexity index is 3490. The van der Waals surface area contributed by atoms with Gasteiger partial charge in [-0.2, -0.15) is 0 Å². The van der Waals surface area contributed by atoms with E-state index in [-0.39, 0.29) is 0 Å². The minimum Gasteiger partial charge on any atom is -0.454 e. The Morgan fingerprint density at radius 2 is 1.13 bits per heavy atom. The van der Waals surface area contributed by atoms with Crippen molar-refractivity contribution in [1.29, 1.82) is 0 Å². The number of para-hydroxylation sites is 2. The largest absolute Gasteiger partial charge is 0.454 e. The summed E-state index contributed by atoms with van der Waals surface area (Å²) in [6.45, 7) is 2.38. The fourth-order valence-electron chi connectivity index (χ4n) is 9.50. The zero-order valence-electron chi connectivity index (χ0n) is 33.6. The Hall–Kier alpha value is -7.40. The third-order valence-corrected chi connectivity index (χ3v) is 13.8. The molecule has 290 valence electrons. The summed E-state index contributed by atoms with van der Waals surface area (Å²) in [6, 6.07) is 72.4. The molecule has 1 unspecified atom stereocenters. The van der Waals surface area contributed by atoms with Gasteiger partial charge in [0.15, 0.2) is 5.58 Å². The van der Waals surface area contributed by atoms with Crippen LogP contribution in [0.25, 0.3) is 70.8 Å². The second kappa shape index (κ2) is 14.4. The van der Waals surface area contributed by atoms with Crippen molar-refractivity contribution in [2.75, 3.05) is 9.80 Å². The molecule has 1 aliphatic rings. The number of thiophene rings is 1. The molecule has 4 heteroatoms. The van der Waals surface area contributed by atoms with E-state index in [1.54, 1.807) is 0 Å². The average Bonchev–Trinajstić information content (AvgIpc) is 3.88. The van der Waals surface area contributed by atoms with Crippen LogP contribution in [0.2, 0.25) is 0 Å². The Kier molecular flexibility index (Phi) is 8.39. The van der Waals surface area contributed by atoms with Crippen LogP contribution in [0.15, 0.2) is 210 Å². The van der Waals surface area contributed by atoms with E-state index in [2.05, 4.69) is 223 Å². The number of furan rings is 1. The lowest BCUT2D eigenvalue weighted by Crippen LogP contribution is -2.23. The van der Waals surface area contributed by atoms with E-state index in [4.69, 9.17) is 4.42 Å². The standard InChI is InChI=1S/C57H40N2OS/c1-37-31-47(36-51-48-25-12-13-26-54(48)61-57(37)51)59(45-22-6-3-7-23-45)55-52(30-29-49-50-34-41-17-10-11-18-42(41)35-53(50)60-56(49)55)58(44-20-4-2-5-21-44)46-24-14-19-40(33-46)43-28-27-38-15-8-9-16-39(38)32-43/h2-30,32-37H,31H2,1H3. The van der Waals surface area contributed by atoms with Gasteiger partial charge in [-0.15, -0.1) is 11.3 Å². The smallest absolute Gasteiger partial charge is 0.161 e. The molecule has 1 atom stereocenters. The van der Waals surface area contributed by atoms with Crippen molar-refractivity contribution in [3.05, 3.63) is 216 Å².